The molecule has 0 spiro atoms. The van der Waals surface area contributed by atoms with Crippen molar-refractivity contribution in [3.8, 4) is 5.75 Å². The normalized spacial score (nSPS) is 12.3. The van der Waals surface area contributed by atoms with Crippen LogP contribution in [0.3, 0.4) is 0 Å². The largest absolute Gasteiger partial charge is 0.491 e. The van der Waals surface area contributed by atoms with E-state index in [1.165, 1.54) is 24.8 Å². The zero-order valence-corrected chi connectivity index (χ0v) is 20.5. The monoisotopic (exact) mass is 486 g/mol. The van der Waals surface area contributed by atoms with Crippen LogP contribution in [0, 0.1) is 0 Å². The average molecular weight is 487 g/mol. The molecule has 1 atom stereocenters. The fourth-order valence-electron chi connectivity index (χ4n) is 3.45. The first-order chi connectivity index (χ1) is 16.8. The summed E-state index contributed by atoms with van der Waals surface area (Å²) in [4.78, 5) is 8.01. The van der Waals surface area contributed by atoms with E-state index in [1.807, 2.05) is 38.1 Å². The maximum absolute atomic E-state index is 13.6. The van der Waals surface area contributed by atoms with Gasteiger partial charge in [-0.25, -0.2) is 4.98 Å². The van der Waals surface area contributed by atoms with E-state index in [-0.39, 0.29) is 17.9 Å². The van der Waals surface area contributed by atoms with Crippen molar-refractivity contribution in [2.75, 3.05) is 10.6 Å². The molecule has 0 fully saturated rings. The Bertz CT molecular complexity index is 1050. The molecule has 5 nitrogen and oxygen atoms in total. The molecule has 3 aromatic rings. The Morgan fingerprint density at radius 1 is 0.886 bits per heavy atom. The second-order valence-electron chi connectivity index (χ2n) is 8.57. The molecular weight excluding hydrogens is 453 g/mol. The number of aryl methyl sites for hydroxylation is 1. The Kier molecular flexibility index (Phi) is 9.34. The van der Waals surface area contributed by atoms with Gasteiger partial charge in [-0.15, -0.1) is 0 Å². The second-order valence-corrected chi connectivity index (χ2v) is 8.57. The molecule has 3 rings (SSSR count). The van der Waals surface area contributed by atoms with Gasteiger partial charge in [-0.1, -0.05) is 45.2 Å². The predicted molar refractivity (Wildman–Crippen MR) is 135 cm³/mol. The topological polar surface area (TPSA) is 59.1 Å². The highest BCUT2D eigenvalue weighted by atomic mass is 19.4. The smallest absolute Gasteiger partial charge is 0.421 e. The van der Waals surface area contributed by atoms with Gasteiger partial charge < -0.3 is 15.4 Å². The zero-order chi connectivity index (χ0) is 25.3. The van der Waals surface area contributed by atoms with Crippen LogP contribution in [0.5, 0.6) is 5.75 Å². The Hall–Kier alpha value is -3.29. The molecule has 0 bridgehead atoms. The molecule has 0 radical (unpaired) electrons. The summed E-state index contributed by atoms with van der Waals surface area (Å²) in [6, 6.07) is 14.6. The third-order valence-electron chi connectivity index (χ3n) is 5.65. The molecule has 188 valence electrons. The quantitative estimate of drug-likeness (QED) is 0.252. The van der Waals surface area contributed by atoms with E-state index in [1.54, 1.807) is 24.3 Å². The maximum Gasteiger partial charge on any atom is 0.421 e. The Morgan fingerprint density at radius 3 is 2.17 bits per heavy atom. The van der Waals surface area contributed by atoms with Gasteiger partial charge in [0.05, 0.1) is 6.10 Å². The van der Waals surface area contributed by atoms with Gasteiger partial charge in [0.25, 0.3) is 0 Å². The van der Waals surface area contributed by atoms with E-state index < -0.39 is 11.7 Å². The van der Waals surface area contributed by atoms with Crippen molar-refractivity contribution in [1.82, 2.24) is 9.97 Å². The summed E-state index contributed by atoms with van der Waals surface area (Å²) in [5.41, 5.74) is 1.46. The number of halogens is 3. The minimum absolute atomic E-state index is 0.0521. The molecule has 2 aromatic carbocycles. The van der Waals surface area contributed by atoms with Crippen molar-refractivity contribution in [1.29, 1.82) is 0 Å². The van der Waals surface area contributed by atoms with Crippen LogP contribution in [0.25, 0.3) is 0 Å². The minimum atomic E-state index is -4.60. The molecule has 8 heteroatoms. The molecule has 2 N–H and O–H groups in total. The number of rotatable bonds is 12. The van der Waals surface area contributed by atoms with Crippen LogP contribution in [0.4, 0.5) is 36.3 Å². The summed E-state index contributed by atoms with van der Waals surface area (Å²) in [6.45, 7) is 6.16. The number of ether oxygens (including phenoxy) is 1. The third-order valence-corrected chi connectivity index (χ3v) is 5.65. The highest BCUT2D eigenvalue weighted by Crippen LogP contribution is 2.35. The van der Waals surface area contributed by atoms with Gasteiger partial charge in [-0.2, -0.15) is 18.2 Å². The van der Waals surface area contributed by atoms with Gasteiger partial charge in [0.2, 0.25) is 5.95 Å². The fraction of sp³-hybridized carbons (Fsp3) is 0.407. The first-order valence-corrected chi connectivity index (χ1v) is 12.1. The molecule has 35 heavy (non-hydrogen) atoms. The van der Waals surface area contributed by atoms with E-state index in [0.29, 0.717) is 17.1 Å². The molecule has 0 aliphatic carbocycles. The number of unbranched alkanes of at least 4 members (excludes halogenated alkanes) is 3. The predicted octanol–water partition coefficient (Wildman–Crippen LogP) is 8.28. The van der Waals surface area contributed by atoms with E-state index in [9.17, 15) is 13.2 Å². The molecular formula is C27H33F3N4O. The Balaban J connectivity index is 1.73. The second kappa shape index (κ2) is 12.4. The number of aromatic nitrogens is 2. The standard InChI is InChI=1S/C27H33F3N4O/c1-4-6-7-8-9-20-10-12-22(13-11-20)33-26-31-18-24(27(28,29)30)25(34-26)32-21-14-16-23(17-15-21)35-19(3)5-2/h10-19H,4-9H2,1-3H3,(H2,31,32,33,34). The summed E-state index contributed by atoms with van der Waals surface area (Å²) in [7, 11) is 0. The zero-order valence-electron chi connectivity index (χ0n) is 20.5. The van der Waals surface area contributed by atoms with Crippen LogP contribution in [0.2, 0.25) is 0 Å². The Labute approximate surface area is 205 Å². The third kappa shape index (κ3) is 8.16. The van der Waals surface area contributed by atoms with Crippen molar-refractivity contribution >= 4 is 23.1 Å². The van der Waals surface area contributed by atoms with Gasteiger partial charge in [0.1, 0.15) is 17.1 Å². The number of anilines is 4. The Morgan fingerprint density at radius 2 is 1.54 bits per heavy atom. The van der Waals surface area contributed by atoms with E-state index in [0.717, 1.165) is 25.5 Å². The van der Waals surface area contributed by atoms with Gasteiger partial charge in [0.15, 0.2) is 0 Å². The van der Waals surface area contributed by atoms with Crippen LogP contribution >= 0.6 is 0 Å². The van der Waals surface area contributed by atoms with Gasteiger partial charge >= 0.3 is 6.18 Å². The summed E-state index contributed by atoms with van der Waals surface area (Å²) in [5, 5.41) is 5.78. The van der Waals surface area contributed by atoms with Crippen LogP contribution < -0.4 is 15.4 Å². The summed E-state index contributed by atoms with van der Waals surface area (Å²) in [5.74, 6) is 0.408. The number of nitrogens with one attached hydrogen (secondary N) is 2. The minimum Gasteiger partial charge on any atom is -0.491 e. The summed E-state index contributed by atoms with van der Waals surface area (Å²) >= 11 is 0. The van der Waals surface area contributed by atoms with Crippen LogP contribution in [-0.4, -0.2) is 16.1 Å². The van der Waals surface area contributed by atoms with Crippen molar-refractivity contribution in [2.45, 2.75) is 71.6 Å². The molecule has 1 heterocycles. The number of benzene rings is 2. The van der Waals surface area contributed by atoms with Crippen LogP contribution in [0.15, 0.2) is 54.7 Å². The van der Waals surface area contributed by atoms with E-state index in [4.69, 9.17) is 4.74 Å². The van der Waals surface area contributed by atoms with E-state index >= 15 is 0 Å². The molecule has 0 aliphatic rings. The van der Waals surface area contributed by atoms with Gasteiger partial charge in [0, 0.05) is 17.6 Å². The van der Waals surface area contributed by atoms with Crippen LogP contribution in [-0.2, 0) is 12.6 Å². The number of hydrogen-bond donors (Lipinski definition) is 2. The molecule has 0 saturated heterocycles. The lowest BCUT2D eigenvalue weighted by molar-refractivity contribution is -0.137. The number of alkyl halides is 3. The number of nitrogens with zero attached hydrogens (tertiary/aromatic N) is 2. The summed E-state index contributed by atoms with van der Waals surface area (Å²) < 4.78 is 46.5. The van der Waals surface area contributed by atoms with Gasteiger partial charge in [-0.05, 0) is 68.1 Å². The molecule has 0 amide bonds. The van der Waals surface area contributed by atoms with E-state index in [2.05, 4.69) is 27.5 Å². The average Bonchev–Trinajstić information content (AvgIpc) is 2.83. The SMILES string of the molecule is CCCCCCc1ccc(Nc2ncc(C(F)(F)F)c(Nc3ccc(OC(C)CC)cc3)n2)cc1. The molecule has 0 saturated carbocycles. The molecule has 1 aromatic heterocycles. The lowest BCUT2D eigenvalue weighted by atomic mass is 10.1. The van der Waals surface area contributed by atoms with Crippen molar-refractivity contribution in [3.05, 3.63) is 65.9 Å². The fourth-order valence-corrected chi connectivity index (χ4v) is 3.45. The lowest BCUT2D eigenvalue weighted by Gasteiger charge is -2.16. The highest BCUT2D eigenvalue weighted by Gasteiger charge is 2.35. The molecule has 1 unspecified atom stereocenters. The van der Waals surface area contributed by atoms with Crippen molar-refractivity contribution in [2.24, 2.45) is 0 Å². The highest BCUT2D eigenvalue weighted by molar-refractivity contribution is 5.63. The van der Waals surface area contributed by atoms with Gasteiger partial charge in [-0.3, -0.25) is 0 Å². The number of hydrogen-bond acceptors (Lipinski definition) is 5. The summed E-state index contributed by atoms with van der Waals surface area (Å²) in [6.07, 6.45) is 2.89. The van der Waals surface area contributed by atoms with Crippen molar-refractivity contribution < 1.29 is 17.9 Å². The first kappa shape index (κ1) is 26.3. The first-order valence-electron chi connectivity index (χ1n) is 12.1. The van der Waals surface area contributed by atoms with Crippen molar-refractivity contribution in [3.63, 3.8) is 0 Å². The lowest BCUT2D eigenvalue weighted by Crippen LogP contribution is -2.13. The van der Waals surface area contributed by atoms with Crippen LogP contribution in [0.1, 0.15) is 64.0 Å². The maximum atomic E-state index is 13.6. The molecule has 0 aliphatic heterocycles.